The monoisotopic (exact) mass is 303 g/mol. The molecule has 1 unspecified atom stereocenters. The van der Waals surface area contributed by atoms with E-state index in [0.29, 0.717) is 10.0 Å². The van der Waals surface area contributed by atoms with Crippen LogP contribution in [0.1, 0.15) is 16.8 Å². The topological polar surface area (TPSA) is 77.8 Å². The minimum Gasteiger partial charge on any atom is -0.480 e. The Hall–Kier alpha value is -1.30. The van der Waals surface area contributed by atoms with Crippen LogP contribution in [0.15, 0.2) is 18.2 Å². The number of nitrogens with zero attached hydrogens (tertiary/aromatic N) is 1. The number of carboxylic acids is 1. The summed E-state index contributed by atoms with van der Waals surface area (Å²) in [6.07, 6.45) is -0.810. The van der Waals surface area contributed by atoms with Crippen LogP contribution in [0.4, 0.5) is 0 Å². The highest BCUT2D eigenvalue weighted by Gasteiger charge is 2.39. The average molecular weight is 304 g/mol. The summed E-state index contributed by atoms with van der Waals surface area (Å²) < 4.78 is 0. The van der Waals surface area contributed by atoms with E-state index in [1.807, 2.05) is 0 Å². The molecule has 1 aromatic carbocycles. The molecule has 0 spiro atoms. The summed E-state index contributed by atoms with van der Waals surface area (Å²) in [5.74, 6) is -1.65. The van der Waals surface area contributed by atoms with Gasteiger partial charge in [-0.2, -0.15) is 0 Å². The molecular weight excluding hydrogens is 293 g/mol. The number of aliphatic hydroxyl groups excluding tert-OH is 1. The molecule has 5 nitrogen and oxygen atoms in total. The summed E-state index contributed by atoms with van der Waals surface area (Å²) in [6.45, 7) is -0.0140. The average Bonchev–Trinajstić information content (AvgIpc) is 2.69. The van der Waals surface area contributed by atoms with Gasteiger partial charge in [0.25, 0.3) is 5.91 Å². The second-order valence-corrected chi connectivity index (χ2v) is 5.23. The van der Waals surface area contributed by atoms with E-state index >= 15 is 0 Å². The SMILES string of the molecule is O=C(O)[C@@H]1CC(O)CN1C(=O)c1cc(Cl)cc(Cl)c1. The highest BCUT2D eigenvalue weighted by atomic mass is 35.5. The first-order valence-corrected chi connectivity index (χ1v) is 6.32. The highest BCUT2D eigenvalue weighted by Crippen LogP contribution is 2.24. The number of hydrogen-bond acceptors (Lipinski definition) is 3. The van der Waals surface area contributed by atoms with Crippen LogP contribution < -0.4 is 0 Å². The van der Waals surface area contributed by atoms with Gasteiger partial charge in [0.05, 0.1) is 6.10 Å². The molecule has 2 rings (SSSR count). The molecule has 1 heterocycles. The van der Waals surface area contributed by atoms with Crippen LogP contribution in [0.5, 0.6) is 0 Å². The molecule has 102 valence electrons. The quantitative estimate of drug-likeness (QED) is 0.871. The van der Waals surface area contributed by atoms with Gasteiger partial charge in [-0.3, -0.25) is 4.79 Å². The van der Waals surface area contributed by atoms with E-state index < -0.39 is 24.0 Å². The lowest BCUT2D eigenvalue weighted by Crippen LogP contribution is -2.40. The lowest BCUT2D eigenvalue weighted by molar-refractivity contribution is -0.141. The van der Waals surface area contributed by atoms with Gasteiger partial charge < -0.3 is 15.1 Å². The van der Waals surface area contributed by atoms with Gasteiger partial charge >= 0.3 is 5.97 Å². The third-order valence-electron chi connectivity index (χ3n) is 2.93. The number of carbonyl (C=O) groups is 2. The number of amides is 1. The fourth-order valence-corrected chi connectivity index (χ4v) is 2.64. The number of benzene rings is 1. The van der Waals surface area contributed by atoms with Gasteiger partial charge in [0, 0.05) is 28.6 Å². The Morgan fingerprint density at radius 2 is 1.79 bits per heavy atom. The summed E-state index contributed by atoms with van der Waals surface area (Å²) in [5, 5.41) is 19.2. The van der Waals surface area contributed by atoms with Gasteiger partial charge in [0.2, 0.25) is 0 Å². The zero-order valence-electron chi connectivity index (χ0n) is 9.72. The van der Waals surface area contributed by atoms with Crippen molar-refractivity contribution in [1.29, 1.82) is 0 Å². The number of rotatable bonds is 2. The van der Waals surface area contributed by atoms with Gasteiger partial charge in [-0.15, -0.1) is 0 Å². The van der Waals surface area contributed by atoms with Crippen LogP contribution in [0, 0.1) is 0 Å². The molecule has 1 aliphatic heterocycles. The molecule has 0 saturated carbocycles. The molecule has 1 fully saturated rings. The van der Waals surface area contributed by atoms with Crippen LogP contribution >= 0.6 is 23.2 Å². The van der Waals surface area contributed by atoms with Crippen molar-refractivity contribution in [2.75, 3.05) is 6.54 Å². The second kappa shape index (κ2) is 5.36. The maximum atomic E-state index is 12.2. The number of carbonyl (C=O) groups excluding carboxylic acids is 1. The fraction of sp³-hybridized carbons (Fsp3) is 0.333. The minimum absolute atomic E-state index is 0.0140. The summed E-state index contributed by atoms with van der Waals surface area (Å²) >= 11 is 11.6. The number of likely N-dealkylation sites (tertiary alicyclic amines) is 1. The van der Waals surface area contributed by atoms with E-state index in [0.717, 1.165) is 4.90 Å². The standard InChI is InChI=1S/C12H11Cl2NO4/c13-7-1-6(2-8(14)3-7)11(17)15-5-9(16)4-10(15)12(18)19/h1-3,9-10,16H,4-5H2,(H,18,19)/t9?,10-/m0/s1. The smallest absolute Gasteiger partial charge is 0.326 e. The maximum Gasteiger partial charge on any atom is 0.326 e. The third kappa shape index (κ3) is 3.00. The van der Waals surface area contributed by atoms with Crippen molar-refractivity contribution in [1.82, 2.24) is 4.90 Å². The highest BCUT2D eigenvalue weighted by molar-refractivity contribution is 6.35. The van der Waals surface area contributed by atoms with Crippen molar-refractivity contribution in [3.05, 3.63) is 33.8 Å². The zero-order valence-corrected chi connectivity index (χ0v) is 11.2. The molecule has 1 aliphatic rings. The molecule has 0 radical (unpaired) electrons. The second-order valence-electron chi connectivity index (χ2n) is 4.36. The van der Waals surface area contributed by atoms with Crippen molar-refractivity contribution >= 4 is 35.1 Å². The molecule has 1 aromatic rings. The van der Waals surface area contributed by atoms with Gasteiger partial charge in [0.15, 0.2) is 0 Å². The van der Waals surface area contributed by atoms with Crippen LogP contribution in [-0.2, 0) is 4.79 Å². The van der Waals surface area contributed by atoms with E-state index in [2.05, 4.69) is 0 Å². The normalized spacial score (nSPS) is 22.6. The molecular formula is C12H11Cl2NO4. The molecule has 0 aliphatic carbocycles. The number of halogens is 2. The Labute approximate surface area is 119 Å². The number of hydrogen-bond donors (Lipinski definition) is 2. The molecule has 7 heteroatoms. The lowest BCUT2D eigenvalue weighted by Gasteiger charge is -2.21. The van der Waals surface area contributed by atoms with E-state index in [-0.39, 0.29) is 18.5 Å². The Bertz CT molecular complexity index is 514. The van der Waals surface area contributed by atoms with E-state index in [4.69, 9.17) is 28.3 Å². The van der Waals surface area contributed by atoms with Crippen molar-refractivity contribution < 1.29 is 19.8 Å². The van der Waals surface area contributed by atoms with Gasteiger partial charge in [-0.1, -0.05) is 23.2 Å². The molecule has 0 bridgehead atoms. The van der Waals surface area contributed by atoms with Crippen LogP contribution in [0.25, 0.3) is 0 Å². The summed E-state index contributed by atoms with van der Waals surface area (Å²) in [7, 11) is 0. The molecule has 0 aromatic heterocycles. The van der Waals surface area contributed by atoms with E-state index in [1.54, 1.807) is 0 Å². The molecule has 2 N–H and O–H groups in total. The Kier molecular flexibility index (Phi) is 3.99. The maximum absolute atomic E-state index is 12.2. The molecule has 2 atom stereocenters. The van der Waals surface area contributed by atoms with Crippen molar-refractivity contribution in [3.63, 3.8) is 0 Å². The minimum atomic E-state index is -1.14. The lowest BCUT2D eigenvalue weighted by atomic mass is 10.1. The van der Waals surface area contributed by atoms with Crippen LogP contribution in [0.2, 0.25) is 10.0 Å². The van der Waals surface area contributed by atoms with Crippen molar-refractivity contribution in [2.24, 2.45) is 0 Å². The summed E-state index contributed by atoms with van der Waals surface area (Å²) in [6, 6.07) is 3.28. The molecule has 1 saturated heterocycles. The van der Waals surface area contributed by atoms with Gasteiger partial charge in [0.1, 0.15) is 6.04 Å². The van der Waals surface area contributed by atoms with E-state index in [1.165, 1.54) is 18.2 Å². The first kappa shape index (κ1) is 14.1. The number of aliphatic carboxylic acids is 1. The molecule has 1 amide bonds. The van der Waals surface area contributed by atoms with Crippen molar-refractivity contribution in [2.45, 2.75) is 18.6 Å². The first-order valence-electron chi connectivity index (χ1n) is 5.56. The van der Waals surface area contributed by atoms with Crippen LogP contribution in [0.3, 0.4) is 0 Å². The number of aliphatic hydroxyl groups is 1. The predicted molar refractivity (Wildman–Crippen MR) is 69.5 cm³/mol. The van der Waals surface area contributed by atoms with Gasteiger partial charge in [-0.25, -0.2) is 4.79 Å². The third-order valence-corrected chi connectivity index (χ3v) is 3.37. The number of β-amino-alcohol motifs (C(OH)–C–C–N with tert-alkyl or cyclic N) is 1. The first-order chi connectivity index (χ1) is 8.88. The largest absolute Gasteiger partial charge is 0.480 e. The Morgan fingerprint density at radius 1 is 1.21 bits per heavy atom. The van der Waals surface area contributed by atoms with E-state index in [9.17, 15) is 14.7 Å². The Balaban J connectivity index is 2.30. The number of carboxylic acid groups (broad SMARTS) is 1. The molecule has 19 heavy (non-hydrogen) atoms. The van der Waals surface area contributed by atoms with Crippen molar-refractivity contribution in [3.8, 4) is 0 Å². The van der Waals surface area contributed by atoms with Crippen LogP contribution in [-0.4, -0.2) is 45.7 Å². The predicted octanol–water partition coefficient (Wildman–Crippen LogP) is 1.65. The summed E-state index contributed by atoms with van der Waals surface area (Å²) in [5.41, 5.74) is 0.206. The Morgan fingerprint density at radius 3 is 2.32 bits per heavy atom. The summed E-state index contributed by atoms with van der Waals surface area (Å²) in [4.78, 5) is 24.4. The fourth-order valence-electron chi connectivity index (χ4n) is 2.12. The zero-order chi connectivity index (χ0) is 14.2. The van der Waals surface area contributed by atoms with Gasteiger partial charge in [-0.05, 0) is 18.2 Å².